The first kappa shape index (κ1) is 28.9. The number of carboxylic acids is 2. The van der Waals surface area contributed by atoms with Gasteiger partial charge in [-0.15, -0.1) is 0 Å². The predicted octanol–water partition coefficient (Wildman–Crippen LogP) is 3.12. The molecule has 2 aromatic heterocycles. The number of phenols is 8. The van der Waals surface area contributed by atoms with Crippen molar-refractivity contribution in [2.45, 2.75) is 0 Å². The van der Waals surface area contributed by atoms with E-state index in [9.17, 15) is 70.2 Å². The molecule has 234 valence electrons. The van der Waals surface area contributed by atoms with Crippen LogP contribution in [-0.4, -0.2) is 63.0 Å². The maximum Gasteiger partial charge on any atom is 0.344 e. The molecule has 0 saturated carbocycles. The fourth-order valence-corrected chi connectivity index (χ4v) is 4.71. The van der Waals surface area contributed by atoms with Crippen LogP contribution in [0.3, 0.4) is 0 Å². The van der Waals surface area contributed by atoms with Crippen LogP contribution in [-0.2, 0) is 0 Å². The van der Waals surface area contributed by atoms with Gasteiger partial charge in [-0.1, -0.05) is 0 Å². The lowest BCUT2D eigenvalue weighted by atomic mass is 10.0. The lowest BCUT2D eigenvalue weighted by molar-refractivity contribution is 0.0681. The monoisotopic (exact) mass is 638 g/mol. The van der Waals surface area contributed by atoms with Crippen LogP contribution < -0.4 is 20.7 Å². The van der Waals surface area contributed by atoms with Gasteiger partial charge in [0.05, 0.1) is 10.8 Å². The minimum Gasteiger partial charge on any atom is -0.504 e. The molecule has 0 unspecified atom stereocenters. The van der Waals surface area contributed by atoms with Crippen LogP contribution in [0, 0.1) is 0 Å². The molecular weight excluding hydrogens is 624 g/mol. The quantitative estimate of drug-likeness (QED) is 0.0711. The van der Waals surface area contributed by atoms with Crippen molar-refractivity contribution in [3.05, 3.63) is 56.2 Å². The minimum absolute atomic E-state index is 0.347. The molecule has 0 aliphatic carbocycles. The number of benzene rings is 4. The number of carboxylic acid groups (broad SMARTS) is 2. The topological polar surface area (TPSA) is 315 Å². The molecule has 0 radical (unpaired) electrons. The Bertz CT molecular complexity index is 2280. The highest BCUT2D eigenvalue weighted by molar-refractivity contribution is 6.22. The summed E-state index contributed by atoms with van der Waals surface area (Å²) < 4.78 is 21.0. The normalized spacial score (nSPS) is 11.4. The molecule has 2 heterocycles. The Kier molecular flexibility index (Phi) is 6.05. The number of aromatic carboxylic acids is 2. The van der Waals surface area contributed by atoms with Crippen molar-refractivity contribution in [3.8, 4) is 69.0 Å². The van der Waals surface area contributed by atoms with Crippen LogP contribution in [0.4, 0.5) is 0 Å². The lowest BCUT2D eigenvalue weighted by Crippen LogP contribution is -2.08. The third kappa shape index (κ3) is 3.97. The zero-order valence-electron chi connectivity index (χ0n) is 22.0. The van der Waals surface area contributed by atoms with Gasteiger partial charge < -0.3 is 69.4 Å². The van der Waals surface area contributed by atoms with Gasteiger partial charge in [0.1, 0.15) is 11.1 Å². The van der Waals surface area contributed by atoms with Crippen molar-refractivity contribution < 1.29 is 79.0 Å². The third-order valence-corrected chi connectivity index (χ3v) is 6.82. The largest absolute Gasteiger partial charge is 0.504 e. The molecule has 10 N–H and O–H groups in total. The zero-order valence-corrected chi connectivity index (χ0v) is 22.0. The van der Waals surface area contributed by atoms with Crippen molar-refractivity contribution in [2.24, 2.45) is 0 Å². The first-order valence-corrected chi connectivity index (χ1v) is 12.2. The summed E-state index contributed by atoms with van der Waals surface area (Å²) in [5, 5.41) is 98.8. The van der Waals surface area contributed by atoms with Gasteiger partial charge in [0.15, 0.2) is 45.7 Å². The standard InChI is InChI=1S/C28H14O18/c29-9-1-7(25(37)38)21(19(35)15(9)31)43-11-3-5-13-14-6(28(42)45-23(13)17(11)33)4-12(18(34)24(14)46-27(5)41)44-22-8(26(39)40)2-10(30)16(32)20(22)36/h1-4,29-36H,(H,37,38)(H,39,40). The molecular formula is C28H14O18. The molecule has 0 amide bonds. The summed E-state index contributed by atoms with van der Waals surface area (Å²) in [6, 6.07) is 2.61. The van der Waals surface area contributed by atoms with Crippen molar-refractivity contribution in [3.63, 3.8) is 0 Å². The minimum atomic E-state index is -1.76. The van der Waals surface area contributed by atoms with E-state index < -0.39 is 125 Å². The second-order valence-corrected chi connectivity index (χ2v) is 9.48. The molecule has 4 aromatic carbocycles. The summed E-state index contributed by atoms with van der Waals surface area (Å²) in [7, 11) is 0. The van der Waals surface area contributed by atoms with Gasteiger partial charge in [0.2, 0.25) is 34.5 Å². The van der Waals surface area contributed by atoms with E-state index in [0.29, 0.717) is 12.1 Å². The van der Waals surface area contributed by atoms with Gasteiger partial charge >= 0.3 is 23.2 Å². The summed E-state index contributed by atoms with van der Waals surface area (Å²) in [5.41, 5.74) is -5.91. The molecule has 18 nitrogen and oxygen atoms in total. The Balaban J connectivity index is 1.61. The van der Waals surface area contributed by atoms with Gasteiger partial charge in [-0.3, -0.25) is 0 Å². The Morgan fingerprint density at radius 2 is 0.870 bits per heavy atom. The van der Waals surface area contributed by atoms with Crippen LogP contribution in [0.25, 0.3) is 32.7 Å². The number of hydrogen-bond acceptors (Lipinski definition) is 16. The molecule has 6 rings (SSSR count). The fourth-order valence-electron chi connectivity index (χ4n) is 4.71. The van der Waals surface area contributed by atoms with Gasteiger partial charge in [-0.05, 0) is 0 Å². The van der Waals surface area contributed by atoms with Crippen LogP contribution in [0.2, 0.25) is 0 Å². The molecule has 0 aliphatic heterocycles. The smallest absolute Gasteiger partial charge is 0.344 e. The number of hydrogen-bond donors (Lipinski definition) is 10. The molecule has 0 bridgehead atoms. The predicted molar refractivity (Wildman–Crippen MR) is 147 cm³/mol. The Hall–Kier alpha value is -7.24. The van der Waals surface area contributed by atoms with Gasteiger partial charge in [0.25, 0.3) is 0 Å². The molecule has 0 spiro atoms. The summed E-state index contributed by atoms with van der Waals surface area (Å²) >= 11 is 0. The van der Waals surface area contributed by atoms with Crippen molar-refractivity contribution in [1.82, 2.24) is 0 Å². The number of phenolic OH excluding ortho intramolecular Hbond substituents is 8. The lowest BCUT2D eigenvalue weighted by Gasteiger charge is -2.17. The van der Waals surface area contributed by atoms with Crippen LogP contribution in [0.1, 0.15) is 20.7 Å². The second kappa shape index (κ2) is 9.64. The van der Waals surface area contributed by atoms with E-state index in [0.717, 1.165) is 12.1 Å². The van der Waals surface area contributed by atoms with E-state index in [1.807, 2.05) is 0 Å². The molecule has 0 saturated heterocycles. The number of rotatable bonds is 6. The van der Waals surface area contributed by atoms with Gasteiger partial charge in [-0.2, -0.15) is 0 Å². The Morgan fingerprint density at radius 3 is 1.20 bits per heavy atom. The molecule has 0 fully saturated rings. The second-order valence-electron chi connectivity index (χ2n) is 9.48. The number of ether oxygens (including phenoxy) is 2. The van der Waals surface area contributed by atoms with Gasteiger partial charge in [-0.25, -0.2) is 19.2 Å². The maximum atomic E-state index is 13.1. The average molecular weight is 638 g/mol. The van der Waals surface area contributed by atoms with Crippen LogP contribution >= 0.6 is 0 Å². The molecule has 0 atom stereocenters. The van der Waals surface area contributed by atoms with Crippen LogP contribution in [0.15, 0.2) is 42.7 Å². The first-order valence-electron chi connectivity index (χ1n) is 12.2. The summed E-state index contributed by atoms with van der Waals surface area (Å²) in [5.74, 6) is -16.2. The van der Waals surface area contributed by atoms with E-state index in [2.05, 4.69) is 0 Å². The van der Waals surface area contributed by atoms with Gasteiger partial charge in [0, 0.05) is 35.0 Å². The average Bonchev–Trinajstić information content (AvgIpc) is 3.00. The first-order chi connectivity index (χ1) is 21.6. The molecule has 18 heteroatoms. The SMILES string of the molecule is O=C(O)c1cc(O)c(O)c(O)c1Oc1cc2c(=O)oc3c(O)c(Oc4c(C(=O)O)cc(O)c(O)c4O)cc4c(=O)oc(c1O)c2c34. The summed E-state index contributed by atoms with van der Waals surface area (Å²) in [6.07, 6.45) is 0. The highest BCUT2D eigenvalue weighted by Crippen LogP contribution is 2.52. The van der Waals surface area contributed by atoms with E-state index in [1.165, 1.54) is 0 Å². The van der Waals surface area contributed by atoms with E-state index in [1.54, 1.807) is 0 Å². The van der Waals surface area contributed by atoms with Crippen molar-refractivity contribution in [1.29, 1.82) is 0 Å². The van der Waals surface area contributed by atoms with Crippen LogP contribution in [0.5, 0.6) is 69.0 Å². The molecule has 6 aromatic rings. The van der Waals surface area contributed by atoms with E-state index >= 15 is 0 Å². The van der Waals surface area contributed by atoms with E-state index in [-0.39, 0.29) is 10.8 Å². The third-order valence-electron chi connectivity index (χ3n) is 6.82. The molecule has 0 aliphatic rings. The summed E-state index contributed by atoms with van der Waals surface area (Å²) in [4.78, 5) is 49.6. The molecule has 46 heavy (non-hydrogen) atoms. The Labute approximate surface area is 249 Å². The van der Waals surface area contributed by atoms with E-state index in [4.69, 9.17) is 18.3 Å². The number of carbonyl (C=O) groups is 2. The fraction of sp³-hybridized carbons (Fsp3) is 0. The summed E-state index contributed by atoms with van der Waals surface area (Å²) in [6.45, 7) is 0. The number of aromatic hydroxyl groups is 8. The highest BCUT2D eigenvalue weighted by atomic mass is 16.5. The Morgan fingerprint density at radius 1 is 0.522 bits per heavy atom. The van der Waals surface area contributed by atoms with Crippen molar-refractivity contribution >= 4 is 44.6 Å². The highest BCUT2D eigenvalue weighted by Gasteiger charge is 2.30. The van der Waals surface area contributed by atoms with Crippen molar-refractivity contribution in [2.75, 3.05) is 0 Å². The maximum absolute atomic E-state index is 13.1. The zero-order chi connectivity index (χ0) is 33.5.